The molecule has 0 unspecified atom stereocenters. The molecular formula is C12H12ClN5O. The number of hydrogen-bond donors (Lipinski definition) is 1. The maximum Gasteiger partial charge on any atom is 0.256 e. The van der Waals surface area contributed by atoms with Crippen LogP contribution in [0.15, 0.2) is 24.7 Å². The van der Waals surface area contributed by atoms with E-state index in [9.17, 15) is 4.79 Å². The maximum absolute atomic E-state index is 12.4. The number of halogens is 1. The zero-order chi connectivity index (χ0) is 13.4. The predicted molar refractivity (Wildman–Crippen MR) is 70.6 cm³/mol. The number of pyridine rings is 1. The molecule has 2 aromatic heterocycles. The maximum atomic E-state index is 12.4. The molecule has 0 aliphatic carbocycles. The molecule has 0 aromatic carbocycles. The van der Waals surface area contributed by atoms with Crippen LogP contribution in [0.4, 0.5) is 5.69 Å². The first-order valence-electron chi connectivity index (χ1n) is 5.85. The summed E-state index contributed by atoms with van der Waals surface area (Å²) >= 11 is 5.81. The van der Waals surface area contributed by atoms with E-state index in [0.29, 0.717) is 24.3 Å². The van der Waals surface area contributed by atoms with Crippen molar-refractivity contribution in [3.05, 3.63) is 41.2 Å². The van der Waals surface area contributed by atoms with Crippen LogP contribution < -0.4 is 5.73 Å². The van der Waals surface area contributed by atoms with Crippen molar-refractivity contribution in [2.24, 2.45) is 0 Å². The first-order valence-corrected chi connectivity index (χ1v) is 6.23. The Morgan fingerprint density at radius 3 is 3.05 bits per heavy atom. The van der Waals surface area contributed by atoms with Gasteiger partial charge in [0.2, 0.25) is 0 Å². The normalized spacial score (nSPS) is 14.3. The zero-order valence-corrected chi connectivity index (χ0v) is 10.8. The van der Waals surface area contributed by atoms with E-state index in [1.165, 1.54) is 12.3 Å². The van der Waals surface area contributed by atoms with E-state index in [0.717, 1.165) is 12.4 Å². The lowest BCUT2D eigenvalue weighted by Gasteiger charge is -2.28. The molecule has 0 radical (unpaired) electrons. The summed E-state index contributed by atoms with van der Waals surface area (Å²) in [6.45, 7) is 1.84. The first kappa shape index (κ1) is 12.0. The van der Waals surface area contributed by atoms with Crippen LogP contribution in [0.5, 0.6) is 0 Å². The van der Waals surface area contributed by atoms with Crippen LogP contribution in [0.25, 0.3) is 0 Å². The summed E-state index contributed by atoms with van der Waals surface area (Å²) in [5.41, 5.74) is 6.51. The minimum Gasteiger partial charge on any atom is -0.397 e. The summed E-state index contributed by atoms with van der Waals surface area (Å²) in [5.74, 6) is 0.731. The van der Waals surface area contributed by atoms with Crippen LogP contribution >= 0.6 is 11.6 Å². The summed E-state index contributed by atoms with van der Waals surface area (Å²) < 4.78 is 2.03. The predicted octanol–water partition coefficient (Wildman–Crippen LogP) is 1.17. The van der Waals surface area contributed by atoms with Crippen molar-refractivity contribution in [3.8, 4) is 0 Å². The number of nitrogens with zero attached hydrogens (tertiary/aromatic N) is 4. The molecule has 2 aromatic rings. The van der Waals surface area contributed by atoms with Crippen molar-refractivity contribution < 1.29 is 4.79 Å². The third-order valence-corrected chi connectivity index (χ3v) is 3.37. The van der Waals surface area contributed by atoms with Crippen LogP contribution in [0.3, 0.4) is 0 Å². The van der Waals surface area contributed by atoms with Crippen molar-refractivity contribution in [3.63, 3.8) is 0 Å². The Morgan fingerprint density at radius 1 is 1.37 bits per heavy atom. The molecule has 19 heavy (non-hydrogen) atoms. The Balaban J connectivity index is 1.87. The third-order valence-electron chi connectivity index (χ3n) is 3.16. The van der Waals surface area contributed by atoms with Gasteiger partial charge >= 0.3 is 0 Å². The van der Waals surface area contributed by atoms with Crippen molar-refractivity contribution in [1.29, 1.82) is 0 Å². The molecule has 0 saturated heterocycles. The van der Waals surface area contributed by atoms with Crippen LogP contribution in [0.1, 0.15) is 16.2 Å². The molecule has 1 aliphatic rings. The van der Waals surface area contributed by atoms with Crippen LogP contribution in [-0.2, 0) is 13.1 Å². The number of imidazole rings is 1. The number of hydrogen-bond acceptors (Lipinski definition) is 4. The van der Waals surface area contributed by atoms with E-state index >= 15 is 0 Å². The monoisotopic (exact) mass is 277 g/mol. The third kappa shape index (κ3) is 2.15. The molecule has 1 aliphatic heterocycles. The van der Waals surface area contributed by atoms with Gasteiger partial charge in [0.15, 0.2) is 0 Å². The van der Waals surface area contributed by atoms with Gasteiger partial charge in [-0.05, 0) is 6.07 Å². The van der Waals surface area contributed by atoms with Gasteiger partial charge < -0.3 is 15.2 Å². The van der Waals surface area contributed by atoms with Gasteiger partial charge in [0.25, 0.3) is 5.91 Å². The number of carbonyl (C=O) groups is 1. The lowest BCUT2D eigenvalue weighted by Crippen LogP contribution is -2.38. The highest BCUT2D eigenvalue weighted by Crippen LogP contribution is 2.20. The van der Waals surface area contributed by atoms with E-state index in [1.54, 1.807) is 11.1 Å². The summed E-state index contributed by atoms with van der Waals surface area (Å²) in [5, 5.41) is 0.260. The number of fused-ring (bicyclic) bond motifs is 1. The fourth-order valence-corrected chi connectivity index (χ4v) is 2.30. The van der Waals surface area contributed by atoms with Gasteiger partial charge in [0.1, 0.15) is 11.0 Å². The SMILES string of the molecule is Nc1cnc(Cl)cc1C(=O)N1CCn2ccnc2C1. The molecule has 3 heterocycles. The zero-order valence-electron chi connectivity index (χ0n) is 10.1. The van der Waals surface area contributed by atoms with E-state index in [1.807, 2.05) is 10.8 Å². The smallest absolute Gasteiger partial charge is 0.256 e. The largest absolute Gasteiger partial charge is 0.397 e. The Kier molecular flexibility index (Phi) is 2.87. The Labute approximate surface area is 114 Å². The molecule has 98 valence electrons. The van der Waals surface area contributed by atoms with Gasteiger partial charge in [0, 0.05) is 25.5 Å². The number of nitrogens with two attached hydrogens (primary N) is 1. The van der Waals surface area contributed by atoms with Crippen molar-refractivity contribution in [2.75, 3.05) is 12.3 Å². The molecule has 0 bridgehead atoms. The number of nitrogen functional groups attached to an aromatic ring is 1. The number of carbonyl (C=O) groups excluding carboxylic acids is 1. The van der Waals surface area contributed by atoms with E-state index in [2.05, 4.69) is 9.97 Å². The second kappa shape index (κ2) is 4.55. The fourth-order valence-electron chi connectivity index (χ4n) is 2.14. The highest BCUT2D eigenvalue weighted by Gasteiger charge is 2.23. The number of rotatable bonds is 1. The average Bonchev–Trinajstić information content (AvgIpc) is 2.88. The molecule has 1 amide bonds. The minimum atomic E-state index is -0.143. The second-order valence-corrected chi connectivity index (χ2v) is 4.75. The molecule has 0 atom stereocenters. The highest BCUT2D eigenvalue weighted by atomic mass is 35.5. The average molecular weight is 278 g/mol. The molecule has 0 saturated carbocycles. The molecule has 2 N–H and O–H groups in total. The lowest BCUT2D eigenvalue weighted by atomic mass is 10.2. The standard InChI is InChI=1S/C12H12ClN5O/c13-10-5-8(9(14)6-16-10)12(19)18-4-3-17-2-1-15-11(17)7-18/h1-2,5-6H,3-4,7,14H2. The van der Waals surface area contributed by atoms with Crippen molar-refractivity contribution in [1.82, 2.24) is 19.4 Å². The van der Waals surface area contributed by atoms with Crippen molar-refractivity contribution in [2.45, 2.75) is 13.1 Å². The summed E-state index contributed by atoms with van der Waals surface area (Å²) in [4.78, 5) is 22.2. The van der Waals surface area contributed by atoms with Gasteiger partial charge in [-0.3, -0.25) is 4.79 Å². The Bertz CT molecular complexity index is 639. The summed E-state index contributed by atoms with van der Waals surface area (Å²) in [7, 11) is 0. The topological polar surface area (TPSA) is 77.0 Å². The molecule has 6 nitrogen and oxygen atoms in total. The first-order chi connectivity index (χ1) is 9.15. The quantitative estimate of drug-likeness (QED) is 0.794. The molecule has 7 heteroatoms. The van der Waals surface area contributed by atoms with Crippen molar-refractivity contribution >= 4 is 23.2 Å². The second-order valence-electron chi connectivity index (χ2n) is 4.36. The van der Waals surface area contributed by atoms with Gasteiger partial charge in [-0.2, -0.15) is 0 Å². The lowest BCUT2D eigenvalue weighted by molar-refractivity contribution is 0.0708. The summed E-state index contributed by atoms with van der Waals surface area (Å²) in [6.07, 6.45) is 5.05. The molecule has 0 spiro atoms. The summed E-state index contributed by atoms with van der Waals surface area (Å²) in [6, 6.07) is 1.50. The van der Waals surface area contributed by atoms with Gasteiger partial charge in [-0.25, -0.2) is 9.97 Å². The van der Waals surface area contributed by atoms with E-state index < -0.39 is 0 Å². The number of aromatic nitrogens is 3. The molecule has 0 fully saturated rings. The number of amides is 1. The van der Waals surface area contributed by atoms with Gasteiger partial charge in [-0.15, -0.1) is 0 Å². The highest BCUT2D eigenvalue weighted by molar-refractivity contribution is 6.29. The Morgan fingerprint density at radius 2 is 2.21 bits per heavy atom. The van der Waals surface area contributed by atoms with Gasteiger partial charge in [-0.1, -0.05) is 11.6 Å². The Hall–Kier alpha value is -2.08. The van der Waals surface area contributed by atoms with Gasteiger partial charge in [0.05, 0.1) is 24.0 Å². The molecular weight excluding hydrogens is 266 g/mol. The van der Waals surface area contributed by atoms with E-state index in [4.69, 9.17) is 17.3 Å². The minimum absolute atomic E-state index is 0.143. The van der Waals surface area contributed by atoms with Crippen LogP contribution in [-0.4, -0.2) is 31.9 Å². The fraction of sp³-hybridized carbons (Fsp3) is 0.250. The number of anilines is 1. The van der Waals surface area contributed by atoms with Crippen LogP contribution in [0.2, 0.25) is 5.15 Å². The van der Waals surface area contributed by atoms with Crippen LogP contribution in [0, 0.1) is 0 Å². The van der Waals surface area contributed by atoms with E-state index in [-0.39, 0.29) is 11.1 Å². The molecule has 3 rings (SSSR count).